The van der Waals surface area contributed by atoms with E-state index in [0.29, 0.717) is 25.4 Å². The van der Waals surface area contributed by atoms with Gasteiger partial charge in [-0.2, -0.15) is 4.99 Å². The summed E-state index contributed by atoms with van der Waals surface area (Å²) in [5.41, 5.74) is 0.955. The molecule has 6 nitrogen and oxygen atoms in total. The monoisotopic (exact) mass is 304 g/mol. The quantitative estimate of drug-likeness (QED) is 0.622. The van der Waals surface area contributed by atoms with Crippen molar-refractivity contribution in [1.29, 1.82) is 0 Å². The highest BCUT2D eigenvalue weighted by molar-refractivity contribution is 5.68. The minimum atomic E-state index is -0.515. The van der Waals surface area contributed by atoms with E-state index in [-0.39, 0.29) is 12.2 Å². The number of benzene rings is 1. The molecule has 118 valence electrons. The Hall–Kier alpha value is -2.17. The second kappa shape index (κ2) is 6.73. The summed E-state index contributed by atoms with van der Waals surface area (Å²) in [4.78, 5) is 27.5. The van der Waals surface area contributed by atoms with E-state index in [4.69, 9.17) is 9.47 Å². The van der Waals surface area contributed by atoms with Gasteiger partial charge in [-0.1, -0.05) is 12.1 Å². The molecule has 1 fully saturated rings. The van der Waals surface area contributed by atoms with Crippen LogP contribution in [0, 0.1) is 0 Å². The number of carbonyl (C=O) groups is 1. The molecule has 1 aliphatic rings. The van der Waals surface area contributed by atoms with Crippen molar-refractivity contribution in [2.75, 3.05) is 19.7 Å². The van der Waals surface area contributed by atoms with Crippen LogP contribution in [0.5, 0.6) is 0 Å². The summed E-state index contributed by atoms with van der Waals surface area (Å²) >= 11 is 0. The lowest BCUT2D eigenvalue weighted by atomic mass is 10.1. The van der Waals surface area contributed by atoms with Gasteiger partial charge in [-0.15, -0.1) is 0 Å². The molecule has 1 aromatic carbocycles. The molecular formula is C16H20N2O4. The Morgan fingerprint density at radius 3 is 2.64 bits per heavy atom. The largest absolute Gasteiger partial charge is 0.444 e. The summed E-state index contributed by atoms with van der Waals surface area (Å²) < 4.78 is 11.1. The zero-order valence-corrected chi connectivity index (χ0v) is 13.0. The predicted octanol–water partition coefficient (Wildman–Crippen LogP) is 2.96. The molecule has 0 aliphatic carbocycles. The van der Waals surface area contributed by atoms with Crippen molar-refractivity contribution in [2.24, 2.45) is 4.99 Å². The average Bonchev–Trinajstić information content (AvgIpc) is 2.47. The Balaban J connectivity index is 2.03. The van der Waals surface area contributed by atoms with Crippen LogP contribution in [0.15, 0.2) is 29.3 Å². The molecule has 6 heteroatoms. The summed E-state index contributed by atoms with van der Waals surface area (Å²) in [6.07, 6.45) is 0.958. The average molecular weight is 304 g/mol. The first-order chi connectivity index (χ1) is 10.4. The van der Waals surface area contributed by atoms with E-state index >= 15 is 0 Å². The van der Waals surface area contributed by atoms with Crippen LogP contribution in [0.25, 0.3) is 0 Å². The maximum atomic E-state index is 12.1. The Bertz CT molecular complexity index is 571. The SMILES string of the molecule is CC(C)(C)OC(=O)N1CCOC(c2ccc(N=C=O)cc2)C1. The van der Waals surface area contributed by atoms with Crippen LogP contribution < -0.4 is 0 Å². The summed E-state index contributed by atoms with van der Waals surface area (Å²) in [6, 6.07) is 7.10. The van der Waals surface area contributed by atoms with E-state index in [9.17, 15) is 9.59 Å². The minimum absolute atomic E-state index is 0.212. The number of ether oxygens (including phenoxy) is 2. The molecule has 22 heavy (non-hydrogen) atoms. The van der Waals surface area contributed by atoms with Crippen molar-refractivity contribution in [1.82, 2.24) is 4.90 Å². The Kier molecular flexibility index (Phi) is 4.96. The van der Waals surface area contributed by atoms with Gasteiger partial charge in [0.2, 0.25) is 6.08 Å². The van der Waals surface area contributed by atoms with Crippen LogP contribution >= 0.6 is 0 Å². The van der Waals surface area contributed by atoms with E-state index in [2.05, 4.69) is 4.99 Å². The lowest BCUT2D eigenvalue weighted by Crippen LogP contribution is -2.44. The third-order valence-corrected chi connectivity index (χ3v) is 3.16. The van der Waals surface area contributed by atoms with Gasteiger partial charge in [0.05, 0.1) is 18.8 Å². The fraction of sp³-hybridized carbons (Fsp3) is 0.500. The standard InChI is InChI=1S/C16H20N2O4/c1-16(2,3)22-15(20)18-8-9-21-14(10-18)12-4-6-13(7-5-12)17-11-19/h4-7,14H,8-10H2,1-3H3. The molecule has 1 unspecified atom stereocenters. The van der Waals surface area contributed by atoms with Gasteiger partial charge in [0, 0.05) is 6.54 Å². The molecule has 0 aromatic heterocycles. The highest BCUT2D eigenvalue weighted by Gasteiger charge is 2.28. The van der Waals surface area contributed by atoms with Gasteiger partial charge >= 0.3 is 6.09 Å². The van der Waals surface area contributed by atoms with E-state index in [1.165, 1.54) is 6.08 Å². The van der Waals surface area contributed by atoms with Gasteiger partial charge in [0.15, 0.2) is 0 Å². The maximum absolute atomic E-state index is 12.1. The van der Waals surface area contributed by atoms with E-state index < -0.39 is 5.60 Å². The number of carbonyl (C=O) groups excluding carboxylic acids is 2. The molecular weight excluding hydrogens is 284 g/mol. The molecule has 0 radical (unpaired) electrons. The zero-order valence-electron chi connectivity index (χ0n) is 13.0. The smallest absolute Gasteiger partial charge is 0.410 e. The number of hydrogen-bond donors (Lipinski definition) is 0. The predicted molar refractivity (Wildman–Crippen MR) is 80.7 cm³/mol. The Labute approximate surface area is 129 Å². The molecule has 1 amide bonds. The van der Waals surface area contributed by atoms with Gasteiger partial charge in [0.25, 0.3) is 0 Å². The van der Waals surface area contributed by atoms with Gasteiger partial charge in [-0.3, -0.25) is 0 Å². The van der Waals surface area contributed by atoms with E-state index in [1.807, 2.05) is 32.9 Å². The second-order valence-corrected chi connectivity index (χ2v) is 6.08. The maximum Gasteiger partial charge on any atom is 0.410 e. The van der Waals surface area contributed by atoms with Gasteiger partial charge in [0.1, 0.15) is 11.7 Å². The van der Waals surface area contributed by atoms with Gasteiger partial charge in [-0.05, 0) is 38.5 Å². The normalized spacial score (nSPS) is 18.5. The van der Waals surface area contributed by atoms with Crippen molar-refractivity contribution >= 4 is 17.9 Å². The number of rotatable bonds is 2. The number of isocyanates is 1. The second-order valence-electron chi connectivity index (χ2n) is 6.08. The van der Waals surface area contributed by atoms with Crippen LogP contribution in [-0.2, 0) is 14.3 Å². The highest BCUT2D eigenvalue weighted by Crippen LogP contribution is 2.25. The first-order valence-corrected chi connectivity index (χ1v) is 7.16. The van der Waals surface area contributed by atoms with Gasteiger partial charge < -0.3 is 14.4 Å². The summed E-state index contributed by atoms with van der Waals surface area (Å²) in [7, 11) is 0. The summed E-state index contributed by atoms with van der Waals surface area (Å²) in [5.74, 6) is 0. The number of morpholine rings is 1. The fourth-order valence-electron chi connectivity index (χ4n) is 2.16. The molecule has 1 heterocycles. The van der Waals surface area contributed by atoms with Crippen LogP contribution in [0.4, 0.5) is 10.5 Å². The first kappa shape index (κ1) is 16.2. The first-order valence-electron chi connectivity index (χ1n) is 7.16. The molecule has 0 N–H and O–H groups in total. The van der Waals surface area contributed by atoms with Crippen LogP contribution in [0.2, 0.25) is 0 Å². The number of aliphatic imine (C=N–C) groups is 1. The molecule has 0 saturated carbocycles. The molecule has 1 saturated heterocycles. The third-order valence-electron chi connectivity index (χ3n) is 3.16. The lowest BCUT2D eigenvalue weighted by Gasteiger charge is -2.34. The number of hydrogen-bond acceptors (Lipinski definition) is 5. The van der Waals surface area contributed by atoms with Crippen molar-refractivity contribution in [2.45, 2.75) is 32.5 Å². The van der Waals surface area contributed by atoms with Gasteiger partial charge in [-0.25, -0.2) is 9.59 Å². The number of nitrogens with zero attached hydrogens (tertiary/aromatic N) is 2. The van der Waals surface area contributed by atoms with E-state index in [0.717, 1.165) is 5.56 Å². The Morgan fingerprint density at radius 1 is 1.36 bits per heavy atom. The van der Waals surface area contributed by atoms with Crippen molar-refractivity contribution in [3.05, 3.63) is 29.8 Å². The van der Waals surface area contributed by atoms with Crippen molar-refractivity contribution in [3.8, 4) is 0 Å². The molecule has 0 bridgehead atoms. The molecule has 1 aromatic rings. The van der Waals surface area contributed by atoms with Crippen molar-refractivity contribution in [3.63, 3.8) is 0 Å². The topological polar surface area (TPSA) is 68.2 Å². The molecule has 2 rings (SSSR count). The summed E-state index contributed by atoms with van der Waals surface area (Å²) in [5, 5.41) is 0. The van der Waals surface area contributed by atoms with E-state index in [1.54, 1.807) is 17.0 Å². The van der Waals surface area contributed by atoms with Crippen LogP contribution in [-0.4, -0.2) is 42.4 Å². The zero-order chi connectivity index (χ0) is 16.2. The summed E-state index contributed by atoms with van der Waals surface area (Å²) in [6.45, 7) is 6.93. The highest BCUT2D eigenvalue weighted by atomic mass is 16.6. The molecule has 1 aliphatic heterocycles. The van der Waals surface area contributed by atoms with Crippen LogP contribution in [0.1, 0.15) is 32.4 Å². The lowest BCUT2D eigenvalue weighted by molar-refractivity contribution is -0.0432. The van der Waals surface area contributed by atoms with Crippen LogP contribution in [0.3, 0.4) is 0 Å². The molecule has 0 spiro atoms. The third kappa shape index (κ3) is 4.41. The minimum Gasteiger partial charge on any atom is -0.444 e. The Morgan fingerprint density at radius 2 is 2.05 bits per heavy atom. The number of amides is 1. The fourth-order valence-corrected chi connectivity index (χ4v) is 2.16. The molecule has 1 atom stereocenters. The van der Waals surface area contributed by atoms with Crippen molar-refractivity contribution < 1.29 is 19.1 Å².